The first kappa shape index (κ1) is 15.9. The van der Waals surface area contributed by atoms with Gasteiger partial charge in [0.25, 0.3) is 0 Å². The molecule has 1 aromatic carbocycles. The molecule has 1 saturated heterocycles. The summed E-state index contributed by atoms with van der Waals surface area (Å²) in [5, 5.41) is 3.59. The number of benzene rings is 1. The third kappa shape index (κ3) is 4.05. The molecule has 1 aromatic rings. The van der Waals surface area contributed by atoms with Crippen molar-refractivity contribution in [2.24, 2.45) is 4.99 Å². The van der Waals surface area contributed by atoms with E-state index in [4.69, 9.17) is 11.6 Å². The largest absolute Gasteiger partial charge is 0.370 e. The number of amides is 2. The Morgan fingerprint density at radius 3 is 2.65 bits per heavy atom. The van der Waals surface area contributed by atoms with E-state index in [2.05, 4.69) is 15.2 Å². The summed E-state index contributed by atoms with van der Waals surface area (Å²) in [5.41, 5.74) is 1.79. The molecule has 6 heteroatoms. The highest BCUT2D eigenvalue weighted by atomic mass is 35.5. The molecule has 0 saturated carbocycles. The fourth-order valence-electron chi connectivity index (χ4n) is 2.90. The second-order valence-electron chi connectivity index (χ2n) is 5.78. The van der Waals surface area contributed by atoms with E-state index in [0.717, 1.165) is 24.5 Å². The van der Waals surface area contributed by atoms with Gasteiger partial charge in [0, 0.05) is 30.5 Å². The number of hydrogen-bond donors (Lipinski definition) is 1. The van der Waals surface area contributed by atoms with Crippen molar-refractivity contribution in [3.05, 3.63) is 35.5 Å². The molecule has 0 atom stereocenters. The molecule has 0 spiro atoms. The Balaban J connectivity index is 1.79. The van der Waals surface area contributed by atoms with Crippen molar-refractivity contribution in [3.8, 4) is 0 Å². The Hall–Kier alpha value is -2.01. The van der Waals surface area contributed by atoms with Gasteiger partial charge in [-0.05, 0) is 37.1 Å². The van der Waals surface area contributed by atoms with Crippen LogP contribution in [-0.4, -0.2) is 36.9 Å². The number of rotatable bonds is 2. The number of carbonyl (C=O) groups excluding carboxylic acids is 1. The number of carbonyl (C=O) groups is 1. The highest BCUT2D eigenvalue weighted by Crippen LogP contribution is 2.31. The minimum atomic E-state index is -0.198. The number of nitrogens with zero attached hydrogens (tertiary/aromatic N) is 3. The second kappa shape index (κ2) is 7.51. The summed E-state index contributed by atoms with van der Waals surface area (Å²) in [5.74, 6) is 0. The van der Waals surface area contributed by atoms with Crippen LogP contribution in [0, 0.1) is 0 Å². The SMILES string of the molecule is O=C(Nc1cc(Cl)ccc1N1CCCCCC1)N1C=CC=NC1. The molecule has 2 aliphatic heterocycles. The molecule has 5 nitrogen and oxygen atoms in total. The number of urea groups is 1. The van der Waals surface area contributed by atoms with Crippen LogP contribution < -0.4 is 10.2 Å². The van der Waals surface area contributed by atoms with Crippen LogP contribution in [0.3, 0.4) is 0 Å². The van der Waals surface area contributed by atoms with Crippen molar-refractivity contribution in [1.82, 2.24) is 4.90 Å². The Kier molecular flexibility index (Phi) is 5.18. The van der Waals surface area contributed by atoms with Gasteiger partial charge in [-0.25, -0.2) is 4.79 Å². The van der Waals surface area contributed by atoms with E-state index in [1.807, 2.05) is 18.2 Å². The first-order valence-corrected chi connectivity index (χ1v) is 8.40. The number of aliphatic imine (C=N–C) groups is 1. The topological polar surface area (TPSA) is 47.9 Å². The molecule has 2 amide bonds. The first-order valence-electron chi connectivity index (χ1n) is 8.03. The lowest BCUT2D eigenvalue weighted by Crippen LogP contribution is -2.33. The summed E-state index contributed by atoms with van der Waals surface area (Å²) in [4.78, 5) is 20.4. The number of halogens is 1. The Labute approximate surface area is 141 Å². The maximum atomic E-state index is 12.4. The van der Waals surface area contributed by atoms with Gasteiger partial charge in [0.2, 0.25) is 0 Å². The van der Waals surface area contributed by atoms with Gasteiger partial charge < -0.3 is 10.2 Å². The monoisotopic (exact) mass is 332 g/mol. The Morgan fingerprint density at radius 2 is 1.96 bits per heavy atom. The third-order valence-corrected chi connectivity index (χ3v) is 4.33. The van der Waals surface area contributed by atoms with Gasteiger partial charge in [0.15, 0.2) is 0 Å². The molecule has 3 rings (SSSR count). The van der Waals surface area contributed by atoms with Crippen LogP contribution in [-0.2, 0) is 0 Å². The van der Waals surface area contributed by atoms with E-state index in [1.54, 1.807) is 18.5 Å². The first-order chi connectivity index (χ1) is 11.2. The van der Waals surface area contributed by atoms with Crippen LogP contribution in [0.5, 0.6) is 0 Å². The fourth-order valence-corrected chi connectivity index (χ4v) is 3.07. The average molecular weight is 333 g/mol. The van der Waals surface area contributed by atoms with Gasteiger partial charge in [-0.15, -0.1) is 0 Å². The molecule has 122 valence electrons. The van der Waals surface area contributed by atoms with Gasteiger partial charge in [-0.2, -0.15) is 0 Å². The van der Waals surface area contributed by atoms with Crippen LogP contribution in [0.4, 0.5) is 16.2 Å². The third-order valence-electron chi connectivity index (χ3n) is 4.10. The Morgan fingerprint density at radius 1 is 1.17 bits per heavy atom. The van der Waals surface area contributed by atoms with Crippen molar-refractivity contribution in [1.29, 1.82) is 0 Å². The lowest BCUT2D eigenvalue weighted by Gasteiger charge is -2.27. The van der Waals surface area contributed by atoms with Crippen molar-refractivity contribution in [3.63, 3.8) is 0 Å². The molecule has 2 aliphatic rings. The quantitative estimate of drug-likeness (QED) is 0.886. The minimum absolute atomic E-state index is 0.198. The molecule has 2 heterocycles. The van der Waals surface area contributed by atoms with Gasteiger partial charge in [0.1, 0.15) is 6.67 Å². The van der Waals surface area contributed by atoms with Crippen LogP contribution in [0.2, 0.25) is 5.02 Å². The summed E-state index contributed by atoms with van der Waals surface area (Å²) in [6.07, 6.45) is 10.0. The molecule has 0 aliphatic carbocycles. The number of nitrogens with one attached hydrogen (secondary N) is 1. The average Bonchev–Trinajstić information content (AvgIpc) is 2.85. The summed E-state index contributed by atoms with van der Waals surface area (Å²) in [6.45, 7) is 2.36. The van der Waals surface area contributed by atoms with Crippen molar-refractivity contribution in [2.75, 3.05) is 30.0 Å². The van der Waals surface area contributed by atoms with Crippen molar-refractivity contribution < 1.29 is 4.79 Å². The lowest BCUT2D eigenvalue weighted by atomic mass is 10.2. The molecule has 23 heavy (non-hydrogen) atoms. The highest BCUT2D eigenvalue weighted by Gasteiger charge is 2.18. The van der Waals surface area contributed by atoms with Gasteiger partial charge in [-0.1, -0.05) is 24.4 Å². The van der Waals surface area contributed by atoms with E-state index < -0.39 is 0 Å². The van der Waals surface area contributed by atoms with E-state index in [0.29, 0.717) is 11.7 Å². The normalized spacial score (nSPS) is 18.0. The smallest absolute Gasteiger partial charge is 0.327 e. The number of hydrogen-bond acceptors (Lipinski definition) is 3. The lowest BCUT2D eigenvalue weighted by molar-refractivity contribution is 0.229. The molecular weight excluding hydrogens is 312 g/mol. The van der Waals surface area contributed by atoms with Crippen molar-refractivity contribution in [2.45, 2.75) is 25.7 Å². The van der Waals surface area contributed by atoms with Gasteiger partial charge in [0.05, 0.1) is 11.4 Å². The fraction of sp³-hybridized carbons (Fsp3) is 0.412. The van der Waals surface area contributed by atoms with Crippen LogP contribution in [0.15, 0.2) is 35.5 Å². The van der Waals surface area contributed by atoms with E-state index in [-0.39, 0.29) is 6.03 Å². The number of allylic oxidation sites excluding steroid dienone is 1. The van der Waals surface area contributed by atoms with Gasteiger partial charge >= 0.3 is 6.03 Å². The zero-order valence-electron chi connectivity index (χ0n) is 13.0. The standard InChI is InChI=1S/C17H21ClN4O/c18-14-6-7-16(21-9-3-1-2-4-10-21)15(12-14)20-17(23)22-11-5-8-19-13-22/h5-8,11-12H,1-4,9-10,13H2,(H,20,23). The summed E-state index contributed by atoms with van der Waals surface area (Å²) in [7, 11) is 0. The Bertz CT molecular complexity index is 621. The van der Waals surface area contributed by atoms with E-state index in [9.17, 15) is 4.79 Å². The molecule has 0 unspecified atom stereocenters. The molecule has 1 fully saturated rings. The molecule has 1 N–H and O–H groups in total. The summed E-state index contributed by atoms with van der Waals surface area (Å²) < 4.78 is 0. The van der Waals surface area contributed by atoms with Gasteiger partial charge in [-0.3, -0.25) is 9.89 Å². The van der Waals surface area contributed by atoms with Crippen LogP contribution in [0.1, 0.15) is 25.7 Å². The maximum Gasteiger partial charge on any atom is 0.327 e. The van der Waals surface area contributed by atoms with E-state index in [1.165, 1.54) is 30.6 Å². The van der Waals surface area contributed by atoms with E-state index >= 15 is 0 Å². The predicted molar refractivity (Wildman–Crippen MR) is 95.5 cm³/mol. The maximum absolute atomic E-state index is 12.4. The zero-order valence-corrected chi connectivity index (χ0v) is 13.8. The van der Waals surface area contributed by atoms with Crippen LogP contribution in [0.25, 0.3) is 0 Å². The summed E-state index contributed by atoms with van der Waals surface area (Å²) in [6, 6.07) is 5.49. The molecule has 0 bridgehead atoms. The molecule has 0 aromatic heterocycles. The summed E-state index contributed by atoms with van der Waals surface area (Å²) >= 11 is 6.14. The molecular formula is C17H21ClN4O. The second-order valence-corrected chi connectivity index (χ2v) is 6.21. The highest BCUT2D eigenvalue weighted by molar-refractivity contribution is 6.31. The van der Waals surface area contributed by atoms with Crippen molar-refractivity contribution >= 4 is 35.2 Å². The molecule has 0 radical (unpaired) electrons. The minimum Gasteiger partial charge on any atom is -0.370 e. The number of anilines is 2. The predicted octanol–water partition coefficient (Wildman–Crippen LogP) is 4.11. The zero-order chi connectivity index (χ0) is 16.1. The van der Waals surface area contributed by atoms with Crippen LogP contribution >= 0.6 is 11.6 Å².